The van der Waals surface area contributed by atoms with E-state index in [0.29, 0.717) is 28.0 Å². The summed E-state index contributed by atoms with van der Waals surface area (Å²) in [6.45, 7) is 2.11. The Hall–Kier alpha value is -2.19. The van der Waals surface area contributed by atoms with Crippen LogP contribution in [0.15, 0.2) is 46.9 Å². The summed E-state index contributed by atoms with van der Waals surface area (Å²) in [5.41, 5.74) is 1.40. The molecule has 154 valence electrons. The van der Waals surface area contributed by atoms with Crippen LogP contribution in [0.4, 0.5) is 0 Å². The maximum absolute atomic E-state index is 12.9. The van der Waals surface area contributed by atoms with Crippen molar-refractivity contribution in [1.29, 1.82) is 0 Å². The Labute approximate surface area is 182 Å². The summed E-state index contributed by atoms with van der Waals surface area (Å²) in [6, 6.07) is 11.9. The molecule has 0 bridgehead atoms. The fourth-order valence-electron chi connectivity index (χ4n) is 2.97. The highest BCUT2D eigenvalue weighted by molar-refractivity contribution is 9.10. The highest BCUT2D eigenvalue weighted by Gasteiger charge is 2.24. The van der Waals surface area contributed by atoms with Crippen LogP contribution in [0, 0.1) is 0 Å². The third kappa shape index (κ3) is 5.45. The van der Waals surface area contributed by atoms with Gasteiger partial charge >= 0.3 is 0 Å². The van der Waals surface area contributed by atoms with Gasteiger partial charge in [0.25, 0.3) is 5.91 Å². The average molecular weight is 479 g/mol. The Bertz CT molecular complexity index is 893. The van der Waals surface area contributed by atoms with Crippen LogP contribution in [-0.2, 0) is 4.79 Å². The van der Waals surface area contributed by atoms with E-state index < -0.39 is 6.04 Å². The van der Waals surface area contributed by atoms with Crippen molar-refractivity contribution >= 4 is 39.5 Å². The molecule has 1 heterocycles. The topological polar surface area (TPSA) is 76.7 Å². The monoisotopic (exact) mass is 478 g/mol. The summed E-state index contributed by atoms with van der Waals surface area (Å²) in [4.78, 5) is 25.6. The molecule has 2 unspecified atom stereocenters. The summed E-state index contributed by atoms with van der Waals surface area (Å²) < 4.78 is 11.4. The fourth-order valence-corrected chi connectivity index (χ4v) is 3.90. The summed E-state index contributed by atoms with van der Waals surface area (Å²) in [5, 5.41) is 5.86. The highest BCUT2D eigenvalue weighted by Crippen LogP contribution is 2.34. The van der Waals surface area contributed by atoms with Gasteiger partial charge in [0.05, 0.1) is 11.6 Å². The second-order valence-electron chi connectivity index (χ2n) is 6.63. The van der Waals surface area contributed by atoms with Gasteiger partial charge in [-0.15, -0.1) is 0 Å². The molecule has 0 saturated heterocycles. The minimum absolute atomic E-state index is 0.206. The van der Waals surface area contributed by atoms with Gasteiger partial charge in [0.1, 0.15) is 6.04 Å². The number of ether oxygens (including phenoxy) is 2. The predicted octanol–water partition coefficient (Wildman–Crippen LogP) is 3.91. The van der Waals surface area contributed by atoms with Gasteiger partial charge in [-0.3, -0.25) is 9.59 Å². The Balaban J connectivity index is 1.68. The van der Waals surface area contributed by atoms with Crippen LogP contribution in [0.3, 0.4) is 0 Å². The maximum atomic E-state index is 12.9. The Morgan fingerprint density at radius 2 is 1.90 bits per heavy atom. The SMILES string of the molecule is CSCCC(NC(=O)c1ccccc1Br)C(=O)NC(C)c1ccc2c(c1)OCO2. The van der Waals surface area contributed by atoms with Gasteiger partial charge in [0, 0.05) is 4.47 Å². The maximum Gasteiger partial charge on any atom is 0.253 e. The third-order valence-electron chi connectivity index (χ3n) is 4.61. The van der Waals surface area contributed by atoms with E-state index >= 15 is 0 Å². The number of halogens is 1. The zero-order chi connectivity index (χ0) is 20.8. The first-order chi connectivity index (χ1) is 14.0. The summed E-state index contributed by atoms with van der Waals surface area (Å²) in [5.74, 6) is 1.63. The number of hydrogen-bond donors (Lipinski definition) is 2. The minimum atomic E-state index is -0.626. The number of amides is 2. The lowest BCUT2D eigenvalue weighted by Gasteiger charge is -2.22. The van der Waals surface area contributed by atoms with E-state index in [2.05, 4.69) is 26.6 Å². The van der Waals surface area contributed by atoms with Crippen molar-refractivity contribution in [3.63, 3.8) is 0 Å². The number of thioether (sulfide) groups is 1. The lowest BCUT2D eigenvalue weighted by Crippen LogP contribution is -2.47. The summed E-state index contributed by atoms with van der Waals surface area (Å²) >= 11 is 5.02. The predicted molar refractivity (Wildman–Crippen MR) is 118 cm³/mol. The smallest absolute Gasteiger partial charge is 0.253 e. The lowest BCUT2D eigenvalue weighted by molar-refractivity contribution is -0.123. The molecule has 2 amide bonds. The van der Waals surface area contributed by atoms with Crippen molar-refractivity contribution in [1.82, 2.24) is 10.6 Å². The van der Waals surface area contributed by atoms with Crippen molar-refractivity contribution in [3.8, 4) is 11.5 Å². The number of fused-ring (bicyclic) bond motifs is 1. The molecule has 6 nitrogen and oxygen atoms in total. The zero-order valence-electron chi connectivity index (χ0n) is 16.2. The average Bonchev–Trinajstić information content (AvgIpc) is 3.19. The van der Waals surface area contributed by atoms with E-state index in [-0.39, 0.29) is 24.6 Å². The molecular weight excluding hydrogens is 456 g/mol. The van der Waals surface area contributed by atoms with E-state index in [0.717, 1.165) is 11.3 Å². The molecule has 0 aromatic heterocycles. The van der Waals surface area contributed by atoms with Gasteiger partial charge in [-0.05, 0) is 71.1 Å². The summed E-state index contributed by atoms with van der Waals surface area (Å²) in [6.07, 6.45) is 2.51. The van der Waals surface area contributed by atoms with Crippen LogP contribution < -0.4 is 20.1 Å². The van der Waals surface area contributed by atoms with Crippen molar-refractivity contribution in [2.24, 2.45) is 0 Å². The standard InChI is InChI=1S/C21H23BrN2O4S/c1-13(14-7-8-18-19(11-14)28-12-27-18)23-21(26)17(9-10-29-2)24-20(25)15-5-3-4-6-16(15)22/h3-8,11,13,17H,9-10,12H2,1-2H3,(H,23,26)(H,24,25). The molecule has 0 fully saturated rings. The lowest BCUT2D eigenvalue weighted by atomic mass is 10.1. The molecule has 0 radical (unpaired) electrons. The molecule has 29 heavy (non-hydrogen) atoms. The second-order valence-corrected chi connectivity index (χ2v) is 8.47. The van der Waals surface area contributed by atoms with Gasteiger partial charge in [-0.25, -0.2) is 0 Å². The molecule has 2 atom stereocenters. The van der Waals surface area contributed by atoms with Crippen molar-refractivity contribution < 1.29 is 19.1 Å². The van der Waals surface area contributed by atoms with E-state index in [1.165, 1.54) is 0 Å². The number of nitrogens with one attached hydrogen (secondary N) is 2. The van der Waals surface area contributed by atoms with Gasteiger partial charge in [-0.2, -0.15) is 11.8 Å². The van der Waals surface area contributed by atoms with Crippen LogP contribution in [0.1, 0.15) is 35.3 Å². The second kappa shape index (κ2) is 10.0. The first kappa shape index (κ1) is 21.5. The van der Waals surface area contributed by atoms with Crippen molar-refractivity contribution in [3.05, 3.63) is 58.1 Å². The first-order valence-electron chi connectivity index (χ1n) is 9.24. The van der Waals surface area contributed by atoms with Crippen LogP contribution in [0.2, 0.25) is 0 Å². The minimum Gasteiger partial charge on any atom is -0.454 e. The number of carbonyl (C=O) groups is 2. The van der Waals surface area contributed by atoms with Crippen LogP contribution in [0.5, 0.6) is 11.5 Å². The molecule has 1 aliphatic heterocycles. The molecule has 2 aromatic rings. The third-order valence-corrected chi connectivity index (χ3v) is 5.94. The van der Waals surface area contributed by atoms with E-state index in [1.54, 1.807) is 30.0 Å². The quantitative estimate of drug-likeness (QED) is 0.601. The van der Waals surface area contributed by atoms with Gasteiger partial charge in [0.2, 0.25) is 12.7 Å². The Morgan fingerprint density at radius 3 is 2.66 bits per heavy atom. The number of carbonyl (C=O) groups excluding carboxylic acids is 2. The number of hydrogen-bond acceptors (Lipinski definition) is 5. The molecule has 2 aromatic carbocycles. The normalized spacial score (nSPS) is 14.2. The van der Waals surface area contributed by atoms with Crippen molar-refractivity contribution in [2.75, 3.05) is 18.8 Å². The Morgan fingerprint density at radius 1 is 1.14 bits per heavy atom. The largest absolute Gasteiger partial charge is 0.454 e. The number of benzene rings is 2. The highest BCUT2D eigenvalue weighted by atomic mass is 79.9. The van der Waals surface area contributed by atoms with Gasteiger partial charge in [0.15, 0.2) is 11.5 Å². The van der Waals surface area contributed by atoms with Gasteiger partial charge < -0.3 is 20.1 Å². The molecule has 3 rings (SSSR count). The van der Waals surface area contributed by atoms with Crippen molar-refractivity contribution in [2.45, 2.75) is 25.4 Å². The molecule has 8 heteroatoms. The fraction of sp³-hybridized carbons (Fsp3) is 0.333. The number of rotatable bonds is 8. The van der Waals surface area contributed by atoms with E-state index in [1.807, 2.05) is 37.4 Å². The molecule has 1 aliphatic rings. The summed E-state index contributed by atoms with van der Waals surface area (Å²) in [7, 11) is 0. The first-order valence-corrected chi connectivity index (χ1v) is 11.4. The van der Waals surface area contributed by atoms with E-state index in [9.17, 15) is 9.59 Å². The zero-order valence-corrected chi connectivity index (χ0v) is 18.6. The van der Waals surface area contributed by atoms with Crippen LogP contribution >= 0.6 is 27.7 Å². The van der Waals surface area contributed by atoms with Crippen LogP contribution in [0.25, 0.3) is 0 Å². The van der Waals surface area contributed by atoms with Crippen LogP contribution in [-0.4, -0.2) is 36.7 Å². The Kier molecular flexibility index (Phi) is 7.44. The molecule has 2 N–H and O–H groups in total. The molecular formula is C21H23BrN2O4S. The van der Waals surface area contributed by atoms with Gasteiger partial charge in [-0.1, -0.05) is 18.2 Å². The van der Waals surface area contributed by atoms with E-state index in [4.69, 9.17) is 9.47 Å². The molecule has 0 aliphatic carbocycles. The molecule has 0 saturated carbocycles. The molecule has 0 spiro atoms.